The zero-order chi connectivity index (χ0) is 18.4. The van der Waals surface area contributed by atoms with E-state index in [1.807, 2.05) is 29.6 Å². The fourth-order valence-electron chi connectivity index (χ4n) is 2.73. The molecule has 0 unspecified atom stereocenters. The van der Waals surface area contributed by atoms with Crippen molar-refractivity contribution in [1.29, 1.82) is 0 Å². The summed E-state index contributed by atoms with van der Waals surface area (Å²) in [5, 5.41) is 9.76. The second kappa shape index (κ2) is 6.19. The maximum atomic E-state index is 12.5. The third kappa shape index (κ3) is 2.84. The molecule has 0 bridgehead atoms. The SMILES string of the molecule is O=C(Nc1nc2scc(-c3ccc(Cl)cc3)n2n1)c1ccc2ocnc2c1. The molecule has 0 atom stereocenters. The van der Waals surface area contributed by atoms with E-state index in [1.165, 1.54) is 17.7 Å². The molecule has 1 N–H and O–H groups in total. The zero-order valence-electron chi connectivity index (χ0n) is 13.6. The van der Waals surface area contributed by atoms with Crippen LogP contribution in [0.1, 0.15) is 10.4 Å². The van der Waals surface area contributed by atoms with Crippen LogP contribution in [0.3, 0.4) is 0 Å². The van der Waals surface area contributed by atoms with Gasteiger partial charge >= 0.3 is 0 Å². The lowest BCUT2D eigenvalue weighted by Gasteiger charge is -2.01. The molecule has 3 aromatic heterocycles. The van der Waals surface area contributed by atoms with E-state index in [0.717, 1.165) is 11.3 Å². The molecular weight excluding hydrogens is 386 g/mol. The molecule has 5 aromatic rings. The number of amides is 1. The van der Waals surface area contributed by atoms with Crippen molar-refractivity contribution >= 4 is 50.9 Å². The van der Waals surface area contributed by atoms with Crippen LogP contribution < -0.4 is 5.32 Å². The number of thiazole rings is 1. The standard InChI is InChI=1S/C18H10ClN5O2S/c19-12-4-1-10(2-5-12)14-8-27-18-22-17(23-24(14)18)21-16(25)11-3-6-15-13(7-11)20-9-26-15/h1-9H,(H,21,23,25). The Morgan fingerprint density at radius 1 is 1.19 bits per heavy atom. The van der Waals surface area contributed by atoms with Crippen LogP contribution in [0.15, 0.2) is 58.7 Å². The summed E-state index contributed by atoms with van der Waals surface area (Å²) < 4.78 is 6.88. The molecule has 2 aromatic carbocycles. The summed E-state index contributed by atoms with van der Waals surface area (Å²) in [5.74, 6) is -0.0755. The highest BCUT2D eigenvalue weighted by Gasteiger charge is 2.15. The molecular formula is C18H10ClN5O2S. The Bertz CT molecular complexity index is 1290. The first-order valence-corrected chi connectivity index (χ1v) is 9.18. The van der Waals surface area contributed by atoms with Crippen LogP contribution in [0.2, 0.25) is 5.02 Å². The van der Waals surface area contributed by atoms with Crippen molar-refractivity contribution in [1.82, 2.24) is 19.6 Å². The van der Waals surface area contributed by atoms with Gasteiger partial charge in [-0.15, -0.1) is 16.4 Å². The van der Waals surface area contributed by atoms with Gasteiger partial charge in [-0.1, -0.05) is 23.7 Å². The maximum absolute atomic E-state index is 12.5. The van der Waals surface area contributed by atoms with Crippen molar-refractivity contribution in [2.75, 3.05) is 5.32 Å². The Kier molecular flexibility index (Phi) is 3.66. The van der Waals surface area contributed by atoms with Crippen molar-refractivity contribution in [3.63, 3.8) is 0 Å². The molecule has 0 aliphatic carbocycles. The predicted octanol–water partition coefficient (Wildman–Crippen LogP) is 4.50. The molecule has 9 heteroatoms. The van der Waals surface area contributed by atoms with Crippen LogP contribution in [-0.4, -0.2) is 25.5 Å². The van der Waals surface area contributed by atoms with Crippen LogP contribution in [0.5, 0.6) is 0 Å². The van der Waals surface area contributed by atoms with E-state index in [0.29, 0.717) is 26.6 Å². The Labute approximate surface area is 161 Å². The van der Waals surface area contributed by atoms with Gasteiger partial charge in [0.2, 0.25) is 4.96 Å². The Balaban J connectivity index is 1.45. The van der Waals surface area contributed by atoms with Gasteiger partial charge in [0.15, 0.2) is 12.0 Å². The maximum Gasteiger partial charge on any atom is 0.258 e. The third-order valence-corrected chi connectivity index (χ3v) is 5.11. The monoisotopic (exact) mass is 395 g/mol. The quantitative estimate of drug-likeness (QED) is 0.486. The Hall–Kier alpha value is -3.23. The highest BCUT2D eigenvalue weighted by Crippen LogP contribution is 2.27. The second-order valence-electron chi connectivity index (χ2n) is 5.75. The summed E-state index contributed by atoms with van der Waals surface area (Å²) in [5.41, 5.74) is 3.53. The van der Waals surface area contributed by atoms with E-state index >= 15 is 0 Å². The number of halogens is 1. The summed E-state index contributed by atoms with van der Waals surface area (Å²) in [6, 6.07) is 12.5. The van der Waals surface area contributed by atoms with E-state index in [9.17, 15) is 4.79 Å². The number of carbonyl (C=O) groups is 1. The number of nitrogens with one attached hydrogen (secondary N) is 1. The molecule has 0 saturated heterocycles. The normalized spacial score (nSPS) is 11.3. The van der Waals surface area contributed by atoms with Gasteiger partial charge in [-0.3, -0.25) is 10.1 Å². The molecule has 0 aliphatic heterocycles. The van der Waals surface area contributed by atoms with Crippen molar-refractivity contribution < 1.29 is 9.21 Å². The van der Waals surface area contributed by atoms with Gasteiger partial charge in [-0.25, -0.2) is 9.50 Å². The minimum Gasteiger partial charge on any atom is -0.443 e. The van der Waals surface area contributed by atoms with E-state index < -0.39 is 0 Å². The van der Waals surface area contributed by atoms with Gasteiger partial charge in [0.05, 0.1) is 5.69 Å². The zero-order valence-corrected chi connectivity index (χ0v) is 15.2. The number of carbonyl (C=O) groups excluding carboxylic acids is 1. The average molecular weight is 396 g/mol. The van der Waals surface area contributed by atoms with E-state index in [-0.39, 0.29) is 11.9 Å². The smallest absolute Gasteiger partial charge is 0.258 e. The number of anilines is 1. The molecule has 27 heavy (non-hydrogen) atoms. The highest BCUT2D eigenvalue weighted by atomic mass is 35.5. The number of fused-ring (bicyclic) bond motifs is 2. The van der Waals surface area contributed by atoms with Crippen molar-refractivity contribution in [2.45, 2.75) is 0 Å². The summed E-state index contributed by atoms with van der Waals surface area (Å²) >= 11 is 7.39. The largest absolute Gasteiger partial charge is 0.443 e. The first-order chi connectivity index (χ1) is 13.2. The van der Waals surface area contributed by atoms with Crippen molar-refractivity contribution in [3.05, 3.63) is 64.8 Å². The van der Waals surface area contributed by atoms with E-state index in [2.05, 4.69) is 20.4 Å². The summed E-state index contributed by atoms with van der Waals surface area (Å²) in [6.07, 6.45) is 1.34. The number of oxazole rings is 1. The van der Waals surface area contributed by atoms with Crippen LogP contribution in [-0.2, 0) is 0 Å². The van der Waals surface area contributed by atoms with Crippen LogP contribution in [0.25, 0.3) is 27.3 Å². The number of aromatic nitrogens is 4. The summed E-state index contributed by atoms with van der Waals surface area (Å²) in [6.45, 7) is 0. The topological polar surface area (TPSA) is 85.3 Å². The fraction of sp³-hybridized carbons (Fsp3) is 0. The Morgan fingerprint density at radius 2 is 2.04 bits per heavy atom. The summed E-state index contributed by atoms with van der Waals surface area (Å²) in [7, 11) is 0. The van der Waals surface area contributed by atoms with Crippen molar-refractivity contribution in [2.24, 2.45) is 0 Å². The van der Waals surface area contributed by atoms with Gasteiger partial charge in [-0.2, -0.15) is 4.98 Å². The first-order valence-electron chi connectivity index (χ1n) is 7.92. The van der Waals surface area contributed by atoms with Crippen molar-refractivity contribution in [3.8, 4) is 11.3 Å². The molecule has 0 spiro atoms. The number of nitrogens with zero attached hydrogens (tertiary/aromatic N) is 4. The van der Waals surface area contributed by atoms with Crippen LogP contribution in [0.4, 0.5) is 5.95 Å². The molecule has 5 rings (SSSR count). The molecule has 7 nitrogen and oxygen atoms in total. The molecule has 0 fully saturated rings. The number of hydrogen-bond acceptors (Lipinski definition) is 6. The van der Waals surface area contributed by atoms with E-state index in [1.54, 1.807) is 22.7 Å². The molecule has 3 heterocycles. The van der Waals surface area contributed by atoms with Gasteiger partial charge in [-0.05, 0) is 30.3 Å². The lowest BCUT2D eigenvalue weighted by atomic mass is 10.2. The molecule has 132 valence electrons. The minimum absolute atomic E-state index is 0.238. The molecule has 1 amide bonds. The minimum atomic E-state index is -0.314. The van der Waals surface area contributed by atoms with E-state index in [4.69, 9.17) is 16.0 Å². The van der Waals surface area contributed by atoms with Crippen LogP contribution in [0, 0.1) is 0 Å². The average Bonchev–Trinajstić information content (AvgIpc) is 3.37. The molecule has 0 aliphatic rings. The van der Waals surface area contributed by atoms with Gasteiger partial charge in [0.1, 0.15) is 5.52 Å². The third-order valence-electron chi connectivity index (χ3n) is 4.04. The first kappa shape index (κ1) is 16.0. The lowest BCUT2D eigenvalue weighted by Crippen LogP contribution is -2.13. The fourth-order valence-corrected chi connectivity index (χ4v) is 3.68. The number of benzene rings is 2. The second-order valence-corrected chi connectivity index (χ2v) is 7.02. The predicted molar refractivity (Wildman–Crippen MR) is 103 cm³/mol. The summed E-state index contributed by atoms with van der Waals surface area (Å²) in [4.78, 5) is 21.6. The van der Waals surface area contributed by atoms with Crippen LogP contribution >= 0.6 is 22.9 Å². The van der Waals surface area contributed by atoms with Gasteiger partial charge in [0, 0.05) is 21.5 Å². The molecule has 0 radical (unpaired) electrons. The highest BCUT2D eigenvalue weighted by molar-refractivity contribution is 7.15. The lowest BCUT2D eigenvalue weighted by molar-refractivity contribution is 0.102. The Morgan fingerprint density at radius 3 is 2.89 bits per heavy atom. The van der Waals surface area contributed by atoms with Gasteiger partial charge < -0.3 is 4.42 Å². The van der Waals surface area contributed by atoms with Gasteiger partial charge in [0.25, 0.3) is 11.9 Å². The molecule has 0 saturated carbocycles. The number of rotatable bonds is 3. The number of hydrogen-bond donors (Lipinski definition) is 1.